The van der Waals surface area contributed by atoms with E-state index in [2.05, 4.69) is 21.2 Å². The van der Waals surface area contributed by atoms with Gasteiger partial charge in [0.2, 0.25) is 0 Å². The first-order valence-corrected chi connectivity index (χ1v) is 6.61. The van der Waals surface area contributed by atoms with E-state index in [1.165, 1.54) is 13.2 Å². The minimum Gasteiger partial charge on any atom is -0.495 e. The van der Waals surface area contributed by atoms with Gasteiger partial charge in [-0.25, -0.2) is 8.78 Å². The van der Waals surface area contributed by atoms with Crippen LogP contribution >= 0.6 is 15.9 Å². The van der Waals surface area contributed by atoms with Crippen LogP contribution in [0.3, 0.4) is 0 Å². The number of amides is 1. The first kappa shape index (κ1) is 15.2. The summed E-state index contributed by atoms with van der Waals surface area (Å²) in [5.74, 6) is -1.93. The highest BCUT2D eigenvalue weighted by Gasteiger charge is 2.16. The fourth-order valence-corrected chi connectivity index (χ4v) is 2.07. The van der Waals surface area contributed by atoms with E-state index < -0.39 is 17.5 Å². The number of nitrogens with one attached hydrogen (secondary N) is 1. The average molecular weight is 357 g/mol. The number of methoxy groups -OCH3 is 1. The first-order valence-electron chi connectivity index (χ1n) is 5.82. The van der Waals surface area contributed by atoms with Crippen molar-refractivity contribution in [1.82, 2.24) is 0 Å². The van der Waals surface area contributed by atoms with Crippen LogP contribution in [-0.2, 0) is 0 Å². The van der Waals surface area contributed by atoms with Gasteiger partial charge in [0.05, 0.1) is 28.5 Å². The number of rotatable bonds is 3. The maximum Gasteiger partial charge on any atom is 0.257 e. The zero-order valence-electron chi connectivity index (χ0n) is 10.9. The van der Waals surface area contributed by atoms with Gasteiger partial charge in [0.25, 0.3) is 5.91 Å². The quantitative estimate of drug-likeness (QED) is 0.652. The SMILES string of the molecule is COc1cccc(C(=O)Nc2cc(Br)c(F)cc2F)c1N. The molecule has 0 fully saturated rings. The van der Waals surface area contributed by atoms with Crippen molar-refractivity contribution in [3.05, 3.63) is 52.0 Å². The number of nitrogens with two attached hydrogens (primary N) is 1. The Kier molecular flexibility index (Phi) is 4.42. The molecular formula is C14H11BrF2N2O2. The van der Waals surface area contributed by atoms with Gasteiger partial charge in [0, 0.05) is 6.07 Å². The number of carbonyl (C=O) groups excluding carboxylic acids is 1. The van der Waals surface area contributed by atoms with E-state index in [1.54, 1.807) is 12.1 Å². The van der Waals surface area contributed by atoms with Crippen molar-refractivity contribution in [3.8, 4) is 5.75 Å². The maximum absolute atomic E-state index is 13.6. The molecule has 3 N–H and O–H groups in total. The molecule has 0 bridgehead atoms. The molecule has 0 atom stereocenters. The van der Waals surface area contributed by atoms with Crippen molar-refractivity contribution in [3.63, 3.8) is 0 Å². The molecular weight excluding hydrogens is 346 g/mol. The highest BCUT2D eigenvalue weighted by atomic mass is 79.9. The van der Waals surface area contributed by atoms with Gasteiger partial charge < -0.3 is 15.8 Å². The summed E-state index contributed by atoms with van der Waals surface area (Å²) < 4.78 is 31.8. The van der Waals surface area contributed by atoms with Gasteiger partial charge >= 0.3 is 0 Å². The van der Waals surface area contributed by atoms with Gasteiger partial charge in [0.1, 0.15) is 17.4 Å². The second-order valence-electron chi connectivity index (χ2n) is 4.12. The second kappa shape index (κ2) is 6.09. The molecule has 2 aromatic rings. The van der Waals surface area contributed by atoms with Gasteiger partial charge in [-0.1, -0.05) is 6.07 Å². The van der Waals surface area contributed by atoms with Crippen LogP contribution in [0.5, 0.6) is 5.75 Å². The molecule has 0 saturated heterocycles. The number of hydrogen-bond donors (Lipinski definition) is 2. The summed E-state index contributed by atoms with van der Waals surface area (Å²) in [5.41, 5.74) is 5.91. The number of hydrogen-bond acceptors (Lipinski definition) is 3. The number of carbonyl (C=O) groups is 1. The Balaban J connectivity index is 2.33. The monoisotopic (exact) mass is 356 g/mol. The van der Waals surface area contributed by atoms with E-state index in [4.69, 9.17) is 10.5 Å². The molecule has 2 aromatic carbocycles. The van der Waals surface area contributed by atoms with Crippen LogP contribution < -0.4 is 15.8 Å². The first-order chi connectivity index (χ1) is 9.93. The minimum atomic E-state index is -0.884. The van der Waals surface area contributed by atoms with E-state index in [9.17, 15) is 13.6 Å². The molecule has 7 heteroatoms. The fraction of sp³-hybridized carbons (Fsp3) is 0.0714. The van der Waals surface area contributed by atoms with Crippen LogP contribution in [0.4, 0.5) is 20.2 Å². The second-order valence-corrected chi connectivity index (χ2v) is 4.98. The van der Waals surface area contributed by atoms with Crippen molar-refractivity contribution in [2.45, 2.75) is 0 Å². The van der Waals surface area contributed by atoms with Crippen LogP contribution in [0.1, 0.15) is 10.4 Å². The summed E-state index contributed by atoms with van der Waals surface area (Å²) in [4.78, 5) is 12.1. The van der Waals surface area contributed by atoms with Crippen molar-refractivity contribution in [2.24, 2.45) is 0 Å². The van der Waals surface area contributed by atoms with Gasteiger partial charge in [0.15, 0.2) is 0 Å². The van der Waals surface area contributed by atoms with Gasteiger partial charge in [-0.2, -0.15) is 0 Å². The highest BCUT2D eigenvalue weighted by molar-refractivity contribution is 9.10. The molecule has 0 radical (unpaired) electrons. The van der Waals surface area contributed by atoms with Crippen molar-refractivity contribution in [1.29, 1.82) is 0 Å². The Morgan fingerprint density at radius 3 is 2.67 bits per heavy atom. The predicted octanol–water partition coefficient (Wildman–Crippen LogP) is 3.57. The molecule has 0 unspecified atom stereocenters. The van der Waals surface area contributed by atoms with Crippen molar-refractivity contribution >= 4 is 33.2 Å². The molecule has 0 aliphatic heterocycles. The molecule has 4 nitrogen and oxygen atoms in total. The Hall–Kier alpha value is -2.15. The Labute approximate surface area is 128 Å². The molecule has 2 rings (SSSR count). The number of ether oxygens (including phenoxy) is 1. The minimum absolute atomic E-state index is 0.0396. The molecule has 1 amide bonds. The normalized spacial score (nSPS) is 10.3. The maximum atomic E-state index is 13.6. The summed E-state index contributed by atoms with van der Waals surface area (Å²) in [6.45, 7) is 0. The van der Waals surface area contributed by atoms with Crippen molar-refractivity contribution in [2.75, 3.05) is 18.2 Å². The van der Waals surface area contributed by atoms with Gasteiger partial charge in [-0.3, -0.25) is 4.79 Å². The lowest BCUT2D eigenvalue weighted by Gasteiger charge is -2.11. The molecule has 0 heterocycles. The van der Waals surface area contributed by atoms with Crippen LogP contribution in [0.2, 0.25) is 0 Å². The summed E-state index contributed by atoms with van der Waals surface area (Å²) in [5, 5.41) is 2.34. The topological polar surface area (TPSA) is 64.3 Å². The van der Waals surface area contributed by atoms with E-state index in [1.807, 2.05) is 0 Å². The third kappa shape index (κ3) is 3.13. The summed E-state index contributed by atoms with van der Waals surface area (Å²) >= 11 is 2.93. The predicted molar refractivity (Wildman–Crippen MR) is 79.4 cm³/mol. The smallest absolute Gasteiger partial charge is 0.257 e. The molecule has 110 valence electrons. The number of para-hydroxylation sites is 1. The molecule has 0 saturated carbocycles. The molecule has 0 spiro atoms. The Morgan fingerprint density at radius 2 is 2.00 bits per heavy atom. The van der Waals surface area contributed by atoms with Crippen LogP contribution in [0.15, 0.2) is 34.8 Å². The lowest BCUT2D eigenvalue weighted by Crippen LogP contribution is -2.15. The Morgan fingerprint density at radius 1 is 1.29 bits per heavy atom. The average Bonchev–Trinajstić information content (AvgIpc) is 2.44. The summed E-state index contributed by atoms with van der Waals surface area (Å²) in [6, 6.07) is 6.47. The third-order valence-electron chi connectivity index (χ3n) is 2.79. The molecule has 0 aliphatic rings. The zero-order chi connectivity index (χ0) is 15.6. The van der Waals surface area contributed by atoms with Crippen LogP contribution in [0.25, 0.3) is 0 Å². The lowest BCUT2D eigenvalue weighted by molar-refractivity contribution is 0.102. The van der Waals surface area contributed by atoms with Crippen LogP contribution in [-0.4, -0.2) is 13.0 Å². The standard InChI is InChI=1S/C14H11BrF2N2O2/c1-21-12-4-2-3-7(13(12)18)14(20)19-11-5-8(15)9(16)6-10(11)17/h2-6H,18H2,1H3,(H,19,20). The molecule has 0 aromatic heterocycles. The number of halogens is 3. The number of anilines is 2. The number of benzene rings is 2. The van der Waals surface area contributed by atoms with E-state index in [0.717, 1.165) is 6.07 Å². The van der Waals surface area contributed by atoms with Gasteiger partial charge in [-0.05, 0) is 34.1 Å². The summed E-state index contributed by atoms with van der Waals surface area (Å²) in [6.07, 6.45) is 0. The lowest BCUT2D eigenvalue weighted by atomic mass is 10.1. The van der Waals surface area contributed by atoms with E-state index in [-0.39, 0.29) is 21.4 Å². The zero-order valence-corrected chi connectivity index (χ0v) is 12.5. The molecule has 0 aliphatic carbocycles. The van der Waals surface area contributed by atoms with Gasteiger partial charge in [-0.15, -0.1) is 0 Å². The van der Waals surface area contributed by atoms with Crippen molar-refractivity contribution < 1.29 is 18.3 Å². The fourth-order valence-electron chi connectivity index (χ4n) is 1.73. The largest absolute Gasteiger partial charge is 0.495 e. The highest BCUT2D eigenvalue weighted by Crippen LogP contribution is 2.27. The van der Waals surface area contributed by atoms with E-state index >= 15 is 0 Å². The number of nitrogen functional groups attached to an aromatic ring is 1. The van der Waals surface area contributed by atoms with Crippen LogP contribution in [0, 0.1) is 11.6 Å². The summed E-state index contributed by atoms with van der Waals surface area (Å²) in [7, 11) is 1.42. The Bertz CT molecular complexity index is 708. The third-order valence-corrected chi connectivity index (χ3v) is 3.40. The molecule has 21 heavy (non-hydrogen) atoms. The van der Waals surface area contributed by atoms with E-state index in [0.29, 0.717) is 11.8 Å².